The lowest BCUT2D eigenvalue weighted by molar-refractivity contribution is -0.148. The van der Waals surface area contributed by atoms with Crippen LogP contribution in [0.15, 0.2) is 24.3 Å². The Balaban J connectivity index is 2.73. The molecule has 1 rings (SSSR count). The van der Waals surface area contributed by atoms with E-state index in [1.807, 2.05) is 32.0 Å². The summed E-state index contributed by atoms with van der Waals surface area (Å²) in [7, 11) is 1.50. The fourth-order valence-corrected chi connectivity index (χ4v) is 1.68. The summed E-state index contributed by atoms with van der Waals surface area (Å²) in [6.45, 7) is 5.35. The maximum Gasteiger partial charge on any atom is 0.326 e. The Morgan fingerprint density at radius 3 is 2.50 bits per heavy atom. The third-order valence-corrected chi connectivity index (χ3v) is 2.96. The summed E-state index contributed by atoms with van der Waals surface area (Å²) in [5.74, 6) is -0.543. The van der Waals surface area contributed by atoms with Crippen LogP contribution in [0.25, 0.3) is 0 Å². The van der Waals surface area contributed by atoms with Crippen molar-refractivity contribution in [1.29, 1.82) is 0 Å². The number of ether oxygens (including phenoxy) is 1. The molecule has 0 aliphatic carbocycles. The minimum atomic E-state index is -1.02. The van der Waals surface area contributed by atoms with Crippen LogP contribution in [0, 0.1) is 0 Å². The number of hydrogen-bond acceptors (Lipinski definition) is 3. The first-order chi connectivity index (χ1) is 9.31. The normalized spacial score (nSPS) is 12.1. The van der Waals surface area contributed by atoms with Crippen molar-refractivity contribution in [3.05, 3.63) is 29.8 Å². The number of nitrogens with zero attached hydrogens (tertiary/aromatic N) is 1. The molecule has 0 saturated heterocycles. The van der Waals surface area contributed by atoms with Gasteiger partial charge in [0, 0.05) is 7.05 Å². The number of rotatable bonds is 6. The van der Waals surface area contributed by atoms with Crippen molar-refractivity contribution < 1.29 is 19.4 Å². The van der Waals surface area contributed by atoms with Gasteiger partial charge >= 0.3 is 5.97 Å². The van der Waals surface area contributed by atoms with Gasteiger partial charge in [-0.2, -0.15) is 0 Å². The molecule has 5 heteroatoms. The predicted octanol–water partition coefficient (Wildman–Crippen LogP) is 1.95. The molecule has 1 atom stereocenters. The van der Waals surface area contributed by atoms with Crippen molar-refractivity contribution in [3.8, 4) is 5.75 Å². The maximum absolute atomic E-state index is 12.0. The van der Waals surface area contributed by atoms with E-state index in [2.05, 4.69) is 0 Å². The molecular weight excluding hydrogens is 258 g/mol. The second-order valence-electron chi connectivity index (χ2n) is 5.01. The molecule has 0 aliphatic rings. The summed E-state index contributed by atoms with van der Waals surface area (Å²) in [6.07, 6.45) is 0.222. The molecule has 1 unspecified atom stereocenters. The van der Waals surface area contributed by atoms with E-state index < -0.39 is 12.0 Å². The zero-order valence-electron chi connectivity index (χ0n) is 12.3. The van der Waals surface area contributed by atoms with Gasteiger partial charge in [-0.15, -0.1) is 0 Å². The lowest BCUT2D eigenvalue weighted by atomic mass is 10.1. The third-order valence-electron chi connectivity index (χ3n) is 2.96. The lowest BCUT2D eigenvalue weighted by Crippen LogP contribution is -2.41. The van der Waals surface area contributed by atoms with Crippen LogP contribution in [-0.2, 0) is 16.0 Å². The van der Waals surface area contributed by atoms with Crippen LogP contribution in [0.3, 0.4) is 0 Å². The molecule has 0 saturated carbocycles. The second-order valence-corrected chi connectivity index (χ2v) is 5.01. The highest BCUT2D eigenvalue weighted by molar-refractivity contribution is 5.84. The summed E-state index contributed by atoms with van der Waals surface area (Å²) in [4.78, 5) is 24.1. The lowest BCUT2D eigenvalue weighted by Gasteiger charge is -2.21. The van der Waals surface area contributed by atoms with Crippen LogP contribution >= 0.6 is 0 Å². The molecule has 0 radical (unpaired) electrons. The molecule has 1 aromatic carbocycles. The molecule has 0 fully saturated rings. The van der Waals surface area contributed by atoms with E-state index in [1.54, 1.807) is 6.07 Å². The summed E-state index contributed by atoms with van der Waals surface area (Å²) >= 11 is 0. The average molecular weight is 279 g/mol. The molecule has 1 N–H and O–H groups in total. The number of aliphatic carboxylic acids is 1. The van der Waals surface area contributed by atoms with Crippen molar-refractivity contribution >= 4 is 11.9 Å². The number of likely N-dealkylation sites (N-methyl/N-ethyl adjacent to an activating group) is 1. The number of carboxylic acid groups (broad SMARTS) is 1. The molecule has 110 valence electrons. The number of amides is 1. The van der Waals surface area contributed by atoms with Crippen LogP contribution in [0.5, 0.6) is 5.75 Å². The smallest absolute Gasteiger partial charge is 0.326 e. The number of carboxylic acids is 1. The van der Waals surface area contributed by atoms with Gasteiger partial charge in [-0.1, -0.05) is 12.1 Å². The van der Waals surface area contributed by atoms with Crippen LogP contribution in [0.4, 0.5) is 0 Å². The van der Waals surface area contributed by atoms with E-state index in [-0.39, 0.29) is 18.4 Å². The van der Waals surface area contributed by atoms with Gasteiger partial charge in [-0.25, -0.2) is 4.79 Å². The first kappa shape index (κ1) is 16.0. The topological polar surface area (TPSA) is 66.8 Å². The summed E-state index contributed by atoms with van der Waals surface area (Å²) in [5.41, 5.74) is 0.803. The molecule has 1 amide bonds. The third kappa shape index (κ3) is 4.57. The number of carbonyl (C=O) groups excluding carboxylic acids is 1. The number of carbonyl (C=O) groups is 2. The summed E-state index contributed by atoms with van der Waals surface area (Å²) < 4.78 is 5.56. The van der Waals surface area contributed by atoms with E-state index >= 15 is 0 Å². The fourth-order valence-electron chi connectivity index (χ4n) is 1.68. The van der Waals surface area contributed by atoms with Gasteiger partial charge < -0.3 is 14.7 Å². The zero-order valence-corrected chi connectivity index (χ0v) is 12.3. The second kappa shape index (κ2) is 6.93. The quantitative estimate of drug-likeness (QED) is 0.864. The largest absolute Gasteiger partial charge is 0.491 e. The van der Waals surface area contributed by atoms with E-state index in [4.69, 9.17) is 9.84 Å². The van der Waals surface area contributed by atoms with Crippen LogP contribution in [0.1, 0.15) is 26.3 Å². The van der Waals surface area contributed by atoms with E-state index in [0.29, 0.717) is 5.75 Å². The van der Waals surface area contributed by atoms with Crippen LogP contribution in [0.2, 0.25) is 0 Å². The van der Waals surface area contributed by atoms with Crippen molar-refractivity contribution in [2.24, 2.45) is 0 Å². The highest BCUT2D eigenvalue weighted by Crippen LogP contribution is 2.16. The van der Waals surface area contributed by atoms with E-state index in [1.165, 1.54) is 18.9 Å². The first-order valence-corrected chi connectivity index (χ1v) is 6.55. The Morgan fingerprint density at radius 2 is 1.95 bits per heavy atom. The summed E-state index contributed by atoms with van der Waals surface area (Å²) in [6, 6.07) is 6.44. The molecule has 1 aromatic rings. The highest BCUT2D eigenvalue weighted by Gasteiger charge is 2.21. The Hall–Kier alpha value is -2.04. The van der Waals surface area contributed by atoms with Gasteiger partial charge in [0.25, 0.3) is 0 Å². The van der Waals surface area contributed by atoms with Crippen molar-refractivity contribution in [2.45, 2.75) is 39.3 Å². The zero-order chi connectivity index (χ0) is 15.3. The van der Waals surface area contributed by atoms with Gasteiger partial charge in [-0.05, 0) is 38.5 Å². The Labute approximate surface area is 119 Å². The molecule has 0 heterocycles. The van der Waals surface area contributed by atoms with E-state index in [9.17, 15) is 9.59 Å². The van der Waals surface area contributed by atoms with Crippen molar-refractivity contribution in [3.63, 3.8) is 0 Å². The molecule has 5 nitrogen and oxygen atoms in total. The molecule has 0 spiro atoms. The first-order valence-electron chi connectivity index (χ1n) is 6.55. The van der Waals surface area contributed by atoms with Crippen molar-refractivity contribution in [2.75, 3.05) is 7.05 Å². The maximum atomic E-state index is 12.0. The predicted molar refractivity (Wildman–Crippen MR) is 75.8 cm³/mol. The standard InChI is InChI=1S/C15H21NO4/c1-10(2)20-13-7-5-6-12(8-13)9-14(17)16(4)11(3)15(18)19/h5-8,10-11H,9H2,1-4H3,(H,18,19). The highest BCUT2D eigenvalue weighted by atomic mass is 16.5. The van der Waals surface area contributed by atoms with Gasteiger partial charge in [0.2, 0.25) is 5.91 Å². The monoisotopic (exact) mass is 279 g/mol. The minimum Gasteiger partial charge on any atom is -0.491 e. The Morgan fingerprint density at radius 1 is 1.30 bits per heavy atom. The number of benzene rings is 1. The van der Waals surface area contributed by atoms with Crippen LogP contribution < -0.4 is 4.74 Å². The molecule has 0 aliphatic heterocycles. The SMILES string of the molecule is CC(C)Oc1cccc(CC(=O)N(C)C(C)C(=O)O)c1. The van der Waals surface area contributed by atoms with Crippen LogP contribution in [-0.4, -0.2) is 41.1 Å². The minimum absolute atomic E-state index is 0.0654. The summed E-state index contributed by atoms with van der Waals surface area (Å²) in [5, 5.41) is 8.90. The molecule has 0 bridgehead atoms. The van der Waals surface area contributed by atoms with Crippen molar-refractivity contribution in [1.82, 2.24) is 4.90 Å². The van der Waals surface area contributed by atoms with Gasteiger partial charge in [-0.3, -0.25) is 4.79 Å². The van der Waals surface area contributed by atoms with E-state index in [0.717, 1.165) is 5.56 Å². The fraction of sp³-hybridized carbons (Fsp3) is 0.467. The molecule has 20 heavy (non-hydrogen) atoms. The Kier molecular flexibility index (Phi) is 5.55. The van der Waals surface area contributed by atoms with Gasteiger partial charge in [0.1, 0.15) is 11.8 Å². The average Bonchev–Trinajstić information content (AvgIpc) is 2.36. The molecule has 0 aromatic heterocycles. The number of hydrogen-bond donors (Lipinski definition) is 1. The van der Waals surface area contributed by atoms with Gasteiger partial charge in [0.15, 0.2) is 0 Å². The molecular formula is C15H21NO4. The Bertz CT molecular complexity index is 485. The van der Waals surface area contributed by atoms with Gasteiger partial charge in [0.05, 0.1) is 12.5 Å².